The van der Waals surface area contributed by atoms with Crippen LogP contribution in [0.5, 0.6) is 0 Å². The first-order chi connectivity index (χ1) is 12.8. The Labute approximate surface area is 159 Å². The molecule has 0 aliphatic carbocycles. The summed E-state index contributed by atoms with van der Waals surface area (Å²) in [6.45, 7) is 2.17. The predicted molar refractivity (Wildman–Crippen MR) is 106 cm³/mol. The molecule has 10 heteroatoms. The number of carboxylic acids is 1. The number of aromatic nitrogens is 1. The zero-order valence-electron chi connectivity index (χ0n) is 14.7. The van der Waals surface area contributed by atoms with Crippen molar-refractivity contribution in [3.8, 4) is 0 Å². The number of thioether (sulfide) groups is 1. The molecule has 2 aromatic heterocycles. The molecule has 2 rings (SSSR count). The number of amidine groups is 1. The van der Waals surface area contributed by atoms with Gasteiger partial charge in [-0.05, 0) is 31.2 Å². The molecule has 0 aliphatic heterocycles. The van der Waals surface area contributed by atoms with Crippen LogP contribution in [0, 0.1) is 5.41 Å². The molecule has 6 N–H and O–H groups in total. The van der Waals surface area contributed by atoms with Gasteiger partial charge in [-0.1, -0.05) is 11.8 Å². The van der Waals surface area contributed by atoms with Gasteiger partial charge in [-0.15, -0.1) is 0 Å². The van der Waals surface area contributed by atoms with Gasteiger partial charge in [0.05, 0.1) is 11.9 Å². The average Bonchev–Trinajstić information content (AvgIpc) is 2.57. The van der Waals surface area contributed by atoms with Crippen LogP contribution in [0.2, 0.25) is 0 Å². The number of pyridine rings is 2. The van der Waals surface area contributed by atoms with Gasteiger partial charge in [0.25, 0.3) is 11.5 Å². The van der Waals surface area contributed by atoms with Crippen LogP contribution in [0.3, 0.4) is 0 Å². The van der Waals surface area contributed by atoms with Crippen LogP contribution in [0.25, 0.3) is 5.52 Å². The molecule has 0 aliphatic rings. The quantitative estimate of drug-likeness (QED) is 0.255. The normalized spacial score (nSPS) is 11.7. The highest BCUT2D eigenvalue weighted by molar-refractivity contribution is 8.13. The van der Waals surface area contributed by atoms with Gasteiger partial charge >= 0.3 is 5.97 Å². The minimum Gasteiger partial charge on any atom is -0.481 e. The number of nitrogens with zero attached hydrogens (tertiary/aromatic N) is 1. The molecule has 27 heavy (non-hydrogen) atoms. The second kappa shape index (κ2) is 9.08. The minimum absolute atomic E-state index is 0.0525. The number of carboxylic acid groups (broad SMARTS) is 1. The Kier molecular flexibility index (Phi) is 6.83. The third-order valence-electron chi connectivity index (χ3n) is 3.65. The Hall–Kier alpha value is -3.01. The number of rotatable bonds is 8. The highest BCUT2D eigenvalue weighted by Gasteiger charge is 2.16. The number of carbonyl (C=O) groups excluding carboxylic acids is 1. The van der Waals surface area contributed by atoms with E-state index in [4.69, 9.17) is 16.2 Å². The summed E-state index contributed by atoms with van der Waals surface area (Å²) in [4.78, 5) is 35.5. The second-order valence-electron chi connectivity index (χ2n) is 5.87. The molecule has 0 fully saturated rings. The van der Waals surface area contributed by atoms with E-state index >= 15 is 0 Å². The first kappa shape index (κ1) is 20.3. The zero-order valence-corrected chi connectivity index (χ0v) is 15.5. The second-order valence-corrected chi connectivity index (χ2v) is 7.01. The van der Waals surface area contributed by atoms with Crippen molar-refractivity contribution in [2.45, 2.75) is 19.4 Å². The average molecular weight is 391 g/mol. The monoisotopic (exact) mass is 391 g/mol. The molecule has 0 radical (unpaired) electrons. The van der Waals surface area contributed by atoms with Crippen LogP contribution in [-0.4, -0.2) is 44.9 Å². The van der Waals surface area contributed by atoms with E-state index in [1.165, 1.54) is 22.2 Å². The van der Waals surface area contributed by atoms with Gasteiger partial charge in [0.1, 0.15) is 5.56 Å². The molecule has 2 heterocycles. The van der Waals surface area contributed by atoms with Gasteiger partial charge < -0.3 is 21.5 Å². The van der Waals surface area contributed by atoms with E-state index in [1.54, 1.807) is 31.3 Å². The van der Waals surface area contributed by atoms with Crippen LogP contribution in [0.15, 0.2) is 35.3 Å². The third kappa shape index (κ3) is 5.74. The first-order valence-electron chi connectivity index (χ1n) is 8.16. The fourth-order valence-electron chi connectivity index (χ4n) is 2.45. The summed E-state index contributed by atoms with van der Waals surface area (Å²) >= 11 is 1.23. The molecule has 1 unspecified atom stereocenters. The molecular weight excluding hydrogens is 370 g/mol. The number of nitrogens with two attached hydrogens (primary N) is 1. The van der Waals surface area contributed by atoms with Crippen molar-refractivity contribution < 1.29 is 14.7 Å². The number of hydrogen-bond acceptors (Lipinski definition) is 6. The van der Waals surface area contributed by atoms with Gasteiger partial charge in [-0.2, -0.15) is 0 Å². The minimum atomic E-state index is -1.03. The van der Waals surface area contributed by atoms with E-state index in [-0.39, 0.29) is 17.2 Å². The SMILES string of the molecule is CC(CC(=O)O)NC(=O)c1ccc2cc(NCCSC(=N)N)ccn2c1=O. The Morgan fingerprint density at radius 3 is 2.78 bits per heavy atom. The molecule has 144 valence electrons. The Morgan fingerprint density at radius 1 is 1.37 bits per heavy atom. The van der Waals surface area contributed by atoms with E-state index < -0.39 is 23.5 Å². The maximum Gasteiger partial charge on any atom is 0.305 e. The van der Waals surface area contributed by atoms with Crippen molar-refractivity contribution in [1.82, 2.24) is 9.72 Å². The lowest BCUT2D eigenvalue weighted by molar-refractivity contribution is -0.137. The number of carbonyl (C=O) groups is 2. The molecule has 0 aromatic carbocycles. The Morgan fingerprint density at radius 2 is 2.11 bits per heavy atom. The van der Waals surface area contributed by atoms with E-state index in [9.17, 15) is 14.4 Å². The van der Waals surface area contributed by atoms with Crippen molar-refractivity contribution >= 4 is 40.0 Å². The summed E-state index contributed by atoms with van der Waals surface area (Å²) in [6.07, 6.45) is 1.34. The highest BCUT2D eigenvalue weighted by atomic mass is 32.2. The number of hydrogen-bond donors (Lipinski definition) is 5. The summed E-state index contributed by atoms with van der Waals surface area (Å²) in [7, 11) is 0. The summed E-state index contributed by atoms with van der Waals surface area (Å²) < 4.78 is 1.35. The number of fused-ring (bicyclic) bond motifs is 1. The molecule has 2 aromatic rings. The van der Waals surface area contributed by atoms with Crippen LogP contribution >= 0.6 is 11.8 Å². The number of anilines is 1. The standard InChI is InChI=1S/C17H21N5O4S/c1-10(8-14(23)24)21-15(25)13-3-2-12-9-11(4-6-22(12)16(13)26)20-5-7-27-17(18)19/h2-4,6,9-10,20H,5,7-8H2,1H3,(H3,18,19)(H,21,25)(H,23,24). The van der Waals surface area contributed by atoms with Crippen molar-refractivity contribution in [2.24, 2.45) is 5.73 Å². The summed E-state index contributed by atoms with van der Waals surface area (Å²) in [5.41, 5.74) is 6.15. The fraction of sp³-hybridized carbons (Fsp3) is 0.294. The van der Waals surface area contributed by atoms with Crippen molar-refractivity contribution in [1.29, 1.82) is 5.41 Å². The lowest BCUT2D eigenvalue weighted by Gasteiger charge is -2.12. The van der Waals surface area contributed by atoms with Crippen LogP contribution < -0.4 is 21.9 Å². The van der Waals surface area contributed by atoms with Crippen molar-refractivity contribution in [3.05, 3.63) is 46.4 Å². The molecule has 1 atom stereocenters. The smallest absolute Gasteiger partial charge is 0.305 e. The summed E-state index contributed by atoms with van der Waals surface area (Å²) in [6, 6.07) is 5.97. The fourth-order valence-corrected chi connectivity index (χ4v) is 2.88. The van der Waals surface area contributed by atoms with Crippen molar-refractivity contribution in [3.63, 3.8) is 0 Å². The van der Waals surface area contributed by atoms with E-state index in [0.29, 0.717) is 17.8 Å². The van der Waals surface area contributed by atoms with Gasteiger partial charge in [-0.3, -0.25) is 24.2 Å². The number of nitrogens with one attached hydrogen (secondary N) is 3. The summed E-state index contributed by atoms with van der Waals surface area (Å²) in [5.74, 6) is -0.993. The van der Waals surface area contributed by atoms with Crippen LogP contribution in [0.1, 0.15) is 23.7 Å². The summed E-state index contributed by atoms with van der Waals surface area (Å²) in [5, 5.41) is 21.6. The zero-order chi connectivity index (χ0) is 20.0. The lowest BCUT2D eigenvalue weighted by atomic mass is 10.2. The van der Waals surface area contributed by atoms with Gasteiger partial charge in [0.2, 0.25) is 0 Å². The lowest BCUT2D eigenvalue weighted by Crippen LogP contribution is -2.37. The molecule has 0 saturated heterocycles. The third-order valence-corrected chi connectivity index (χ3v) is 4.37. The number of aliphatic carboxylic acids is 1. The van der Waals surface area contributed by atoms with E-state index in [2.05, 4.69) is 10.6 Å². The predicted octanol–water partition coefficient (Wildman–Crippen LogP) is 0.931. The maximum atomic E-state index is 12.5. The molecule has 9 nitrogen and oxygen atoms in total. The largest absolute Gasteiger partial charge is 0.481 e. The molecular formula is C17H21N5O4S. The Balaban J connectivity index is 2.13. The van der Waals surface area contributed by atoms with E-state index in [1.807, 2.05) is 0 Å². The molecule has 0 bridgehead atoms. The number of amides is 1. The maximum absolute atomic E-state index is 12.5. The molecule has 0 spiro atoms. The topological polar surface area (TPSA) is 150 Å². The molecule has 0 saturated carbocycles. The van der Waals surface area contributed by atoms with E-state index in [0.717, 1.165) is 5.69 Å². The highest BCUT2D eigenvalue weighted by Crippen LogP contribution is 2.12. The van der Waals surface area contributed by atoms with Gasteiger partial charge in [-0.25, -0.2) is 0 Å². The van der Waals surface area contributed by atoms with Crippen LogP contribution in [-0.2, 0) is 4.79 Å². The first-order valence-corrected chi connectivity index (χ1v) is 9.15. The van der Waals surface area contributed by atoms with Crippen molar-refractivity contribution in [2.75, 3.05) is 17.6 Å². The molecule has 1 amide bonds. The van der Waals surface area contributed by atoms with Crippen LogP contribution in [0.4, 0.5) is 5.69 Å². The Bertz CT molecular complexity index is 927. The van der Waals surface area contributed by atoms with Gasteiger partial charge in [0.15, 0.2) is 5.17 Å². The van der Waals surface area contributed by atoms with Gasteiger partial charge in [0, 0.05) is 30.2 Å².